The second-order valence-electron chi connectivity index (χ2n) is 21.9. The van der Waals surface area contributed by atoms with Gasteiger partial charge in [-0.2, -0.15) is 6.20 Å². The Morgan fingerprint density at radius 2 is 0.481 bits per heavy atom. The SMILES string of the molecule is C(=CC1CC[N-]CC1)C1CC[N-]CC1.C1=CC(C=CC2CC[N-]CC2)=CC[N-]1.FC1C(F)C(F)C([S-])C(F)C1F.FC1C(F)C(F)C([S-])C(F)C1F.FC1C(F)C(F)C([S-])C(F)C1F.Fc1c(F)c(F)c([S-])c(F)c1F.Fc1c(F)c(F)c([S-])c(F)c1F.Fc1c(F)c(F)c([S-])c(F)c1F.[BiH2+].[Bi].[Bi].[NH2-]. The van der Waals surface area contributed by atoms with E-state index in [0.717, 1.165) is 63.6 Å². The summed E-state index contributed by atoms with van der Waals surface area (Å²) in [4.78, 5) is -3.86. The maximum absolute atomic E-state index is 12.5. The predicted molar refractivity (Wildman–Crippen MR) is 349 cm³/mol. The summed E-state index contributed by atoms with van der Waals surface area (Å²) in [6.07, 6.45) is -15.6. The molecule has 0 amide bonds. The maximum Gasteiger partial charge on any atom is 0 e. The molecule has 4 aliphatic heterocycles. The van der Waals surface area contributed by atoms with Crippen molar-refractivity contribution in [1.82, 2.24) is 0 Å². The summed E-state index contributed by atoms with van der Waals surface area (Å²) < 4.78 is 370. The minimum absolute atomic E-state index is 0. The van der Waals surface area contributed by atoms with E-state index in [2.05, 4.69) is 133 Å². The first-order valence-corrected chi connectivity index (χ1v) is 31.8. The molecule has 0 spiro atoms. The van der Waals surface area contributed by atoms with Crippen molar-refractivity contribution in [3.63, 3.8) is 0 Å². The molecule has 3 aromatic carbocycles. The summed E-state index contributed by atoms with van der Waals surface area (Å²) in [7, 11) is 0. The van der Waals surface area contributed by atoms with E-state index in [1.807, 2.05) is 6.20 Å². The molecule has 44 heteroatoms. The predicted octanol–water partition coefficient (Wildman–Crippen LogP) is 17.0. The smallest absolute Gasteiger partial charge is 0 e. The van der Waals surface area contributed by atoms with Gasteiger partial charge in [-0.1, -0.05) is 105 Å². The largest absolute Gasteiger partial charge is 0.693 e. The van der Waals surface area contributed by atoms with Gasteiger partial charge >= 0.3 is 26.2 Å². The number of alkyl halides is 15. The normalized spacial score (nSPS) is 29.6. The van der Waals surface area contributed by atoms with Crippen LogP contribution >= 0.6 is 0 Å². The third-order valence-electron chi connectivity index (χ3n) is 15.0. The number of nitrogens with zero attached hydrogens (tertiary/aromatic N) is 4. The summed E-state index contributed by atoms with van der Waals surface area (Å²) in [5.74, 6) is -28.1. The molecule has 6 fully saturated rings. The Morgan fingerprint density at radius 3 is 0.673 bits per heavy atom. The molecule has 12 unspecified atom stereocenters. The molecule has 3 saturated carbocycles. The minimum atomic E-state index is -2.74. The summed E-state index contributed by atoms with van der Waals surface area (Å²) in [5, 5.41) is 11.7. The molecule has 104 heavy (non-hydrogen) atoms. The number of nitrogens with two attached hydrogens (primary N) is 1. The van der Waals surface area contributed by atoms with Gasteiger partial charge in [0.15, 0.2) is 108 Å². The van der Waals surface area contributed by atoms with Crippen LogP contribution in [0.15, 0.2) is 62.9 Å². The third-order valence-corrected chi connectivity index (χ3v) is 17.6. The fourth-order valence-corrected chi connectivity index (χ4v) is 10.4. The molecule has 594 valence electrons. The van der Waals surface area contributed by atoms with E-state index < -0.39 is 210 Å². The van der Waals surface area contributed by atoms with Crippen molar-refractivity contribution in [3.05, 3.63) is 163 Å². The first kappa shape index (κ1) is 105. The van der Waals surface area contributed by atoms with E-state index in [-0.39, 0.29) is 84.8 Å². The Morgan fingerprint density at radius 1 is 0.298 bits per heavy atom. The zero-order valence-corrected chi connectivity index (χ0v) is 68.8. The molecule has 3 aliphatic carbocycles. The summed E-state index contributed by atoms with van der Waals surface area (Å²) in [6, 6.07) is 0. The number of halogens is 30. The Balaban J connectivity index is 0. The molecule has 4 heterocycles. The van der Waals surface area contributed by atoms with Crippen molar-refractivity contribution >= 4 is 154 Å². The fourth-order valence-electron chi connectivity index (χ4n) is 8.95. The molecule has 0 aromatic heterocycles. The van der Waals surface area contributed by atoms with Crippen molar-refractivity contribution in [1.29, 1.82) is 0 Å². The molecule has 0 bridgehead atoms. The zero-order valence-electron chi connectivity index (χ0n) is 52.5. The second kappa shape index (κ2) is 50.5. The van der Waals surface area contributed by atoms with Gasteiger partial charge in [-0.3, -0.25) is 0 Å². The van der Waals surface area contributed by atoms with Crippen LogP contribution in [0.5, 0.6) is 0 Å². The van der Waals surface area contributed by atoms with Crippen LogP contribution in [0, 0.1) is 105 Å². The van der Waals surface area contributed by atoms with Gasteiger partial charge in [-0.25, -0.2) is 132 Å². The quantitative estimate of drug-likeness (QED) is 0.0646. The van der Waals surface area contributed by atoms with E-state index in [1.165, 1.54) is 44.1 Å². The van der Waals surface area contributed by atoms with Crippen LogP contribution in [0.3, 0.4) is 0 Å². The number of rotatable bonds is 4. The number of hydrogen-bond acceptors (Lipinski definition) is 6. The number of piperidine rings is 3. The molecule has 10 rings (SSSR count). The van der Waals surface area contributed by atoms with E-state index >= 15 is 0 Å². The Labute approximate surface area is 668 Å². The molecular weight excluding hydrogens is 2180 g/mol. The summed E-state index contributed by atoms with van der Waals surface area (Å²) >= 11 is 24.2. The number of allylic oxidation sites excluding steroid dienone is 6. The Hall–Kier alpha value is -1.48. The first-order valence-electron chi connectivity index (χ1n) is 29.1. The van der Waals surface area contributed by atoms with Gasteiger partial charge in [-0.15, -0.1) is 45.8 Å². The third kappa shape index (κ3) is 29.2. The van der Waals surface area contributed by atoms with Gasteiger partial charge < -0.3 is 103 Å². The maximum atomic E-state index is 12.5. The van der Waals surface area contributed by atoms with Crippen LogP contribution < -0.4 is 0 Å². The average molecular weight is 2240 g/mol. The van der Waals surface area contributed by atoms with Gasteiger partial charge in [0.1, 0.15) is 71.9 Å². The average Bonchev–Trinajstić information content (AvgIpc) is 0.848. The second-order valence-corrected chi connectivity index (χ2v) is 24.8. The minimum Gasteiger partial charge on any atom is -0.693 e. The van der Waals surface area contributed by atoms with Gasteiger partial charge in [0.05, 0.1) is 0 Å². The van der Waals surface area contributed by atoms with Crippen molar-refractivity contribution < 1.29 is 132 Å². The first-order chi connectivity index (χ1) is 46.7. The van der Waals surface area contributed by atoms with Gasteiger partial charge in [0.2, 0.25) is 0 Å². The van der Waals surface area contributed by atoms with Crippen LogP contribution in [0.4, 0.5) is 132 Å². The van der Waals surface area contributed by atoms with Gasteiger partial charge in [0, 0.05) is 52.4 Å². The van der Waals surface area contributed by atoms with E-state index in [1.54, 1.807) is 0 Å². The number of benzene rings is 3. The zero-order chi connectivity index (χ0) is 76.1. The van der Waals surface area contributed by atoms with Crippen molar-refractivity contribution in [2.75, 3.05) is 45.8 Å². The molecule has 12 atom stereocenters. The summed E-state index contributed by atoms with van der Waals surface area (Å²) in [5.41, 5.74) is 1.29. The van der Waals surface area contributed by atoms with E-state index in [9.17, 15) is 132 Å². The van der Waals surface area contributed by atoms with Crippen molar-refractivity contribution in [3.8, 4) is 0 Å². The monoisotopic (exact) mass is 2240 g/mol. The molecule has 8 radical (unpaired) electrons. The molecule has 3 saturated heterocycles. The fraction of sp³-hybridized carbons (Fsp3) is 0.567. The van der Waals surface area contributed by atoms with Crippen LogP contribution in [0.25, 0.3) is 27.4 Å². The Bertz CT molecular complexity index is 2440. The van der Waals surface area contributed by atoms with Crippen molar-refractivity contribution in [2.24, 2.45) is 17.8 Å². The van der Waals surface area contributed by atoms with E-state index in [4.69, 9.17) is 0 Å². The molecule has 7 aliphatic rings. The summed E-state index contributed by atoms with van der Waals surface area (Å²) in [6.45, 7) is 7.22. The van der Waals surface area contributed by atoms with Crippen molar-refractivity contribution in [2.45, 2.75) is 162 Å². The molecule has 5 nitrogen and oxygen atoms in total. The van der Waals surface area contributed by atoms with Crippen LogP contribution in [-0.2, 0) is 75.8 Å². The Kier molecular flexibility index (Phi) is 50.8. The van der Waals surface area contributed by atoms with Crippen LogP contribution in [0.1, 0.15) is 38.5 Å². The molecular formula is C60H58Bi3F30N5S6-10. The topological polar surface area (TPSA) is 89.9 Å². The standard InChI is InChI=1S/C12H20N2.C12H16N2.3C6H7F5S.3C6HF5S.3Bi.H2N.2H/c2*1(11-3-7-13-8-4-11)2-12-5-9-14-10-6-12;6*7-1-2(8)4(10)6(12)5(11)3(1)9;;;;;;/h1-2,11-12H,3-10H2;1-4,7,12H,5-6,8-10H2;3*1-6,12H;3*12H;;;;1H2;;/q2*-2;;;;;;;;;+1;-1;;/p-6. The van der Waals surface area contributed by atoms with Crippen LogP contribution in [0.2, 0.25) is 0 Å². The molecule has 3 aromatic rings. The van der Waals surface area contributed by atoms with E-state index in [0.29, 0.717) is 0 Å². The number of hydrogen-bond donors (Lipinski definition) is 0. The van der Waals surface area contributed by atoms with Crippen LogP contribution in [-0.4, -0.2) is 233 Å². The molecule has 2 N–H and O–H groups in total. The van der Waals surface area contributed by atoms with Gasteiger partial charge in [0.25, 0.3) is 0 Å². The van der Waals surface area contributed by atoms with Gasteiger partial charge in [-0.05, 0) is 23.3 Å².